The minimum atomic E-state index is -0.784. The summed E-state index contributed by atoms with van der Waals surface area (Å²) >= 11 is 0. The van der Waals surface area contributed by atoms with Gasteiger partial charge in [-0.1, -0.05) is 6.42 Å². The maximum Gasteiger partial charge on any atom is 0.307 e. The molecule has 0 aromatic carbocycles. The highest BCUT2D eigenvalue weighted by molar-refractivity contribution is 5.85. The molecule has 0 bridgehead atoms. The zero-order chi connectivity index (χ0) is 12.7. The molecule has 18 heavy (non-hydrogen) atoms. The van der Waals surface area contributed by atoms with Gasteiger partial charge >= 0.3 is 5.97 Å². The first-order valence-electron chi connectivity index (χ1n) is 7.20. The van der Waals surface area contributed by atoms with Crippen molar-refractivity contribution in [3.8, 4) is 0 Å². The highest BCUT2D eigenvalue weighted by Gasteiger charge is 2.44. The van der Waals surface area contributed by atoms with Crippen molar-refractivity contribution >= 4 is 11.9 Å². The van der Waals surface area contributed by atoms with Crippen LogP contribution in [0.25, 0.3) is 0 Å². The Morgan fingerprint density at radius 1 is 1.00 bits per heavy atom. The van der Waals surface area contributed by atoms with Crippen molar-refractivity contribution in [2.45, 2.75) is 51.0 Å². The molecule has 1 amide bonds. The van der Waals surface area contributed by atoms with Gasteiger partial charge in [0.15, 0.2) is 0 Å². The first-order chi connectivity index (χ1) is 8.66. The molecule has 2 atom stereocenters. The van der Waals surface area contributed by atoms with E-state index in [1.165, 1.54) is 12.8 Å². The van der Waals surface area contributed by atoms with Gasteiger partial charge in [0.25, 0.3) is 0 Å². The van der Waals surface area contributed by atoms with Crippen molar-refractivity contribution < 1.29 is 14.7 Å². The van der Waals surface area contributed by atoms with Crippen molar-refractivity contribution in [3.63, 3.8) is 0 Å². The minimum Gasteiger partial charge on any atom is -0.481 e. The van der Waals surface area contributed by atoms with Crippen molar-refractivity contribution in [2.24, 2.45) is 17.8 Å². The van der Waals surface area contributed by atoms with Crippen LogP contribution in [0.2, 0.25) is 0 Å². The van der Waals surface area contributed by atoms with Crippen molar-refractivity contribution in [3.05, 3.63) is 0 Å². The quantitative estimate of drug-likeness (QED) is 0.811. The van der Waals surface area contributed by atoms with E-state index in [0.29, 0.717) is 18.4 Å². The zero-order valence-corrected chi connectivity index (χ0v) is 10.7. The number of carbonyl (C=O) groups is 2. The largest absolute Gasteiger partial charge is 0.481 e. The minimum absolute atomic E-state index is 0.134. The average Bonchev–Trinajstić information content (AvgIpc) is 3.24. The normalized spacial score (nSPS) is 31.3. The molecule has 3 rings (SSSR count). The fourth-order valence-electron chi connectivity index (χ4n) is 3.15. The molecule has 0 heterocycles. The molecule has 2 unspecified atom stereocenters. The summed E-state index contributed by atoms with van der Waals surface area (Å²) in [4.78, 5) is 25.8. The molecule has 0 aliphatic heterocycles. The first kappa shape index (κ1) is 12.0. The van der Waals surface area contributed by atoms with Gasteiger partial charge in [-0.05, 0) is 44.4 Å². The van der Waals surface area contributed by atoms with Crippen molar-refractivity contribution in [1.82, 2.24) is 4.90 Å². The summed E-state index contributed by atoms with van der Waals surface area (Å²) in [6, 6.07) is 0.424. The van der Waals surface area contributed by atoms with Crippen LogP contribution in [0.5, 0.6) is 0 Å². The smallest absolute Gasteiger partial charge is 0.307 e. The Kier molecular flexibility index (Phi) is 3.04. The lowest BCUT2D eigenvalue weighted by Gasteiger charge is -2.27. The van der Waals surface area contributed by atoms with Gasteiger partial charge in [-0.25, -0.2) is 0 Å². The first-order valence-corrected chi connectivity index (χ1v) is 7.20. The lowest BCUT2D eigenvalue weighted by Crippen LogP contribution is -2.41. The molecule has 0 aromatic rings. The molecule has 100 valence electrons. The Balaban J connectivity index is 1.68. The summed E-state index contributed by atoms with van der Waals surface area (Å²) in [6.07, 6.45) is 7.03. The zero-order valence-electron chi connectivity index (χ0n) is 10.7. The molecule has 4 heteroatoms. The third-order valence-corrected chi connectivity index (χ3v) is 4.57. The summed E-state index contributed by atoms with van der Waals surface area (Å²) in [5, 5.41) is 9.19. The molecule has 0 spiro atoms. The molecule has 0 saturated heterocycles. The van der Waals surface area contributed by atoms with Crippen LogP contribution in [0.15, 0.2) is 0 Å². The number of aliphatic carboxylic acids is 1. The Bertz CT molecular complexity index is 360. The van der Waals surface area contributed by atoms with Crippen LogP contribution >= 0.6 is 0 Å². The number of carboxylic acid groups (broad SMARTS) is 1. The number of amides is 1. The van der Waals surface area contributed by atoms with E-state index in [4.69, 9.17) is 0 Å². The second-order valence-electron chi connectivity index (χ2n) is 6.15. The molecular formula is C14H21NO3. The Hall–Kier alpha value is -1.06. The average molecular weight is 251 g/mol. The Labute approximate surface area is 107 Å². The van der Waals surface area contributed by atoms with Crippen LogP contribution in [0.1, 0.15) is 44.9 Å². The van der Waals surface area contributed by atoms with Crippen molar-refractivity contribution in [1.29, 1.82) is 0 Å². The number of rotatable bonds is 5. The van der Waals surface area contributed by atoms with Crippen LogP contribution < -0.4 is 0 Å². The highest BCUT2D eigenvalue weighted by Crippen LogP contribution is 2.39. The lowest BCUT2D eigenvalue weighted by atomic mass is 9.94. The lowest BCUT2D eigenvalue weighted by molar-refractivity contribution is -0.149. The van der Waals surface area contributed by atoms with Gasteiger partial charge in [0.05, 0.1) is 11.8 Å². The van der Waals surface area contributed by atoms with Crippen LogP contribution in [0.4, 0.5) is 0 Å². The SMILES string of the molecule is O=C(O)C1CCCC1C(=O)N(CC1CC1)C1CC1. The van der Waals surface area contributed by atoms with Crippen LogP contribution in [0.3, 0.4) is 0 Å². The van der Waals surface area contributed by atoms with Crippen molar-refractivity contribution in [2.75, 3.05) is 6.54 Å². The van der Waals surface area contributed by atoms with Gasteiger partial charge in [0, 0.05) is 12.6 Å². The molecule has 3 aliphatic rings. The Morgan fingerprint density at radius 3 is 2.22 bits per heavy atom. The third kappa shape index (κ3) is 2.38. The molecule has 3 saturated carbocycles. The third-order valence-electron chi connectivity index (χ3n) is 4.57. The second-order valence-corrected chi connectivity index (χ2v) is 6.15. The summed E-state index contributed by atoms with van der Waals surface area (Å²) in [5.74, 6) is -0.638. The maximum atomic E-state index is 12.6. The molecule has 4 nitrogen and oxygen atoms in total. The van der Waals surface area contributed by atoms with Crippen LogP contribution in [-0.4, -0.2) is 34.5 Å². The predicted molar refractivity (Wildman–Crippen MR) is 65.9 cm³/mol. The van der Waals surface area contributed by atoms with E-state index >= 15 is 0 Å². The van der Waals surface area contributed by atoms with Gasteiger partial charge in [0.2, 0.25) is 5.91 Å². The van der Waals surface area contributed by atoms with E-state index in [2.05, 4.69) is 0 Å². The topological polar surface area (TPSA) is 57.6 Å². The van der Waals surface area contributed by atoms with E-state index in [1.807, 2.05) is 4.90 Å². The van der Waals surface area contributed by atoms with Crippen LogP contribution in [0, 0.1) is 17.8 Å². The maximum absolute atomic E-state index is 12.6. The van der Waals surface area contributed by atoms with Crippen LogP contribution in [-0.2, 0) is 9.59 Å². The van der Waals surface area contributed by atoms with E-state index < -0.39 is 11.9 Å². The molecule has 0 radical (unpaired) electrons. The van der Waals surface area contributed by atoms with Gasteiger partial charge in [-0.3, -0.25) is 9.59 Å². The summed E-state index contributed by atoms with van der Waals surface area (Å²) in [5.41, 5.74) is 0. The number of nitrogens with zero attached hydrogens (tertiary/aromatic N) is 1. The standard InChI is InChI=1S/C14H21NO3/c16-13(11-2-1-3-12(11)14(17)18)15(10-6-7-10)8-9-4-5-9/h9-12H,1-8H2,(H,17,18). The fraction of sp³-hybridized carbons (Fsp3) is 0.857. The predicted octanol–water partition coefficient (Wildman–Crippen LogP) is 1.89. The molecule has 3 aliphatic carbocycles. The number of carbonyl (C=O) groups excluding carboxylic acids is 1. The van der Waals surface area contributed by atoms with Gasteiger partial charge < -0.3 is 10.0 Å². The second kappa shape index (κ2) is 4.56. The van der Waals surface area contributed by atoms with E-state index in [0.717, 1.165) is 32.2 Å². The summed E-state index contributed by atoms with van der Waals surface area (Å²) < 4.78 is 0. The van der Waals surface area contributed by atoms with E-state index in [-0.39, 0.29) is 11.8 Å². The molecule has 0 aromatic heterocycles. The monoisotopic (exact) mass is 251 g/mol. The summed E-state index contributed by atoms with van der Waals surface area (Å²) in [7, 11) is 0. The van der Waals surface area contributed by atoms with E-state index in [1.54, 1.807) is 0 Å². The van der Waals surface area contributed by atoms with E-state index in [9.17, 15) is 14.7 Å². The molecular weight excluding hydrogens is 230 g/mol. The van der Waals surface area contributed by atoms with Gasteiger partial charge in [0.1, 0.15) is 0 Å². The number of hydrogen-bond acceptors (Lipinski definition) is 2. The molecule has 3 fully saturated rings. The summed E-state index contributed by atoms with van der Waals surface area (Å²) in [6.45, 7) is 0.881. The highest BCUT2D eigenvalue weighted by atomic mass is 16.4. The van der Waals surface area contributed by atoms with Gasteiger partial charge in [-0.15, -0.1) is 0 Å². The number of carboxylic acids is 1. The Morgan fingerprint density at radius 2 is 1.67 bits per heavy atom. The van der Waals surface area contributed by atoms with Gasteiger partial charge in [-0.2, -0.15) is 0 Å². The fourth-order valence-corrected chi connectivity index (χ4v) is 3.15. The number of hydrogen-bond donors (Lipinski definition) is 1. The molecule has 1 N–H and O–H groups in total.